The molecule has 0 aliphatic carbocycles. The Balaban J connectivity index is 2.53. The van der Waals surface area contributed by atoms with Crippen molar-refractivity contribution in [2.75, 3.05) is 6.61 Å². The highest BCUT2D eigenvalue weighted by Gasteiger charge is 2.25. The first-order valence-corrected chi connectivity index (χ1v) is 5.72. The highest BCUT2D eigenvalue weighted by atomic mass is 19.1. The molecule has 1 heterocycles. The molecule has 1 aliphatic rings. The summed E-state index contributed by atoms with van der Waals surface area (Å²) in [5.41, 5.74) is 0.763. The van der Waals surface area contributed by atoms with Gasteiger partial charge in [-0.15, -0.1) is 0 Å². The summed E-state index contributed by atoms with van der Waals surface area (Å²) in [5.74, 6) is -1.17. The summed E-state index contributed by atoms with van der Waals surface area (Å²) in [6.07, 6.45) is 2.24. The van der Waals surface area contributed by atoms with Crippen molar-refractivity contribution in [3.05, 3.63) is 28.8 Å². The van der Waals surface area contributed by atoms with Crippen LogP contribution in [0, 0.1) is 11.6 Å². The molecule has 0 fully saturated rings. The largest absolute Gasteiger partial charge is 0.493 e. The number of rotatable bonds is 3. The van der Waals surface area contributed by atoms with Crippen LogP contribution in [0.15, 0.2) is 6.07 Å². The molecule has 1 aromatic rings. The zero-order valence-corrected chi connectivity index (χ0v) is 9.63. The Hall–Kier alpha value is -1.45. The maximum Gasteiger partial charge on any atom is 0.133 e. The zero-order valence-electron chi connectivity index (χ0n) is 9.63. The van der Waals surface area contributed by atoms with Gasteiger partial charge in [0.05, 0.1) is 6.61 Å². The smallest absolute Gasteiger partial charge is 0.133 e. The van der Waals surface area contributed by atoms with Crippen molar-refractivity contribution in [1.82, 2.24) is 0 Å². The highest BCUT2D eigenvalue weighted by molar-refractivity contribution is 5.54. The van der Waals surface area contributed by atoms with Crippen molar-refractivity contribution in [1.29, 1.82) is 0 Å². The van der Waals surface area contributed by atoms with E-state index in [4.69, 9.17) is 4.74 Å². The monoisotopic (exact) mass is 240 g/mol. The molecular formula is C13H14F2O2. The molecule has 92 valence electrons. The molecule has 0 bridgehead atoms. The lowest BCUT2D eigenvalue weighted by molar-refractivity contribution is -0.108. The third-order valence-electron chi connectivity index (χ3n) is 3.08. The average molecular weight is 240 g/mol. The third kappa shape index (κ3) is 2.16. The first kappa shape index (κ1) is 12.0. The molecule has 1 aliphatic heterocycles. The van der Waals surface area contributed by atoms with Crippen LogP contribution >= 0.6 is 0 Å². The summed E-state index contributed by atoms with van der Waals surface area (Å²) in [7, 11) is 0. The van der Waals surface area contributed by atoms with Crippen molar-refractivity contribution in [2.45, 2.75) is 32.1 Å². The molecule has 0 amide bonds. The normalized spacial score (nSPS) is 15.9. The lowest BCUT2D eigenvalue weighted by Gasteiger charge is -2.23. The number of aldehydes is 1. The molecule has 0 saturated heterocycles. The van der Waals surface area contributed by atoms with E-state index in [1.165, 1.54) is 0 Å². The van der Waals surface area contributed by atoms with Gasteiger partial charge in [0.15, 0.2) is 0 Å². The Morgan fingerprint density at radius 2 is 2.24 bits per heavy atom. The lowest BCUT2D eigenvalue weighted by Crippen LogP contribution is -2.15. The van der Waals surface area contributed by atoms with Gasteiger partial charge in [-0.05, 0) is 18.8 Å². The SMILES string of the molecule is CC(CC=O)c1c(F)cc(F)c2c1OCCC2. The molecule has 1 aromatic carbocycles. The van der Waals surface area contributed by atoms with Crippen LogP contribution < -0.4 is 4.74 Å². The zero-order chi connectivity index (χ0) is 12.4. The van der Waals surface area contributed by atoms with Crippen LogP contribution in [0.3, 0.4) is 0 Å². The predicted octanol–water partition coefficient (Wildman–Crippen LogP) is 2.98. The maximum absolute atomic E-state index is 13.8. The number of halogens is 2. The van der Waals surface area contributed by atoms with Gasteiger partial charge < -0.3 is 9.53 Å². The van der Waals surface area contributed by atoms with Gasteiger partial charge in [0, 0.05) is 23.6 Å². The van der Waals surface area contributed by atoms with E-state index in [9.17, 15) is 13.6 Å². The molecule has 1 atom stereocenters. The second-order valence-electron chi connectivity index (χ2n) is 4.32. The number of carbonyl (C=O) groups excluding carboxylic acids is 1. The van der Waals surface area contributed by atoms with Crippen molar-refractivity contribution in [2.24, 2.45) is 0 Å². The van der Waals surface area contributed by atoms with Crippen molar-refractivity contribution >= 4 is 6.29 Å². The Kier molecular flexibility index (Phi) is 3.41. The van der Waals surface area contributed by atoms with E-state index in [1.807, 2.05) is 0 Å². The molecule has 0 radical (unpaired) electrons. The van der Waals surface area contributed by atoms with Crippen LogP contribution in [0.25, 0.3) is 0 Å². The molecule has 0 spiro atoms. The molecule has 0 saturated carbocycles. The number of ether oxygens (including phenoxy) is 1. The van der Waals surface area contributed by atoms with Gasteiger partial charge in [-0.3, -0.25) is 0 Å². The van der Waals surface area contributed by atoms with Gasteiger partial charge in [-0.1, -0.05) is 6.92 Å². The predicted molar refractivity (Wildman–Crippen MR) is 59.3 cm³/mol. The second kappa shape index (κ2) is 4.82. The maximum atomic E-state index is 13.8. The number of carbonyl (C=O) groups is 1. The van der Waals surface area contributed by atoms with Crippen molar-refractivity contribution < 1.29 is 18.3 Å². The van der Waals surface area contributed by atoms with Gasteiger partial charge in [0.25, 0.3) is 0 Å². The van der Waals surface area contributed by atoms with Gasteiger partial charge in [-0.2, -0.15) is 0 Å². The summed E-state index contributed by atoms with van der Waals surface area (Å²) in [6.45, 7) is 2.21. The quantitative estimate of drug-likeness (QED) is 0.759. The van der Waals surface area contributed by atoms with Gasteiger partial charge in [0.2, 0.25) is 0 Å². The standard InChI is InChI=1S/C13H14F2O2/c1-8(4-5-16)12-11(15)7-10(14)9-3-2-6-17-13(9)12/h5,7-8H,2-4,6H2,1H3. The summed E-state index contributed by atoms with van der Waals surface area (Å²) in [5, 5.41) is 0. The summed E-state index contributed by atoms with van der Waals surface area (Å²) < 4.78 is 32.7. The summed E-state index contributed by atoms with van der Waals surface area (Å²) in [4.78, 5) is 10.5. The Bertz CT molecular complexity index is 444. The second-order valence-corrected chi connectivity index (χ2v) is 4.32. The first-order chi connectivity index (χ1) is 8.15. The molecular weight excluding hydrogens is 226 g/mol. The minimum atomic E-state index is -0.627. The molecule has 0 N–H and O–H groups in total. The van der Waals surface area contributed by atoms with Gasteiger partial charge in [0.1, 0.15) is 23.7 Å². The molecule has 1 unspecified atom stereocenters. The van der Waals surface area contributed by atoms with E-state index >= 15 is 0 Å². The molecule has 2 nitrogen and oxygen atoms in total. The Labute approximate surface area is 98.6 Å². The minimum absolute atomic E-state index is 0.207. The molecule has 17 heavy (non-hydrogen) atoms. The van der Waals surface area contributed by atoms with E-state index in [0.717, 1.165) is 18.8 Å². The minimum Gasteiger partial charge on any atom is -0.493 e. The van der Waals surface area contributed by atoms with E-state index in [2.05, 4.69) is 0 Å². The average Bonchev–Trinajstić information content (AvgIpc) is 2.29. The number of fused-ring (bicyclic) bond motifs is 1. The number of benzene rings is 1. The first-order valence-electron chi connectivity index (χ1n) is 5.72. The van der Waals surface area contributed by atoms with Crippen LogP contribution in [0.4, 0.5) is 8.78 Å². The topological polar surface area (TPSA) is 26.3 Å². The van der Waals surface area contributed by atoms with Crippen molar-refractivity contribution in [3.8, 4) is 5.75 Å². The Morgan fingerprint density at radius 3 is 2.94 bits per heavy atom. The molecule has 4 heteroatoms. The molecule has 0 aromatic heterocycles. The van der Waals surface area contributed by atoms with Crippen molar-refractivity contribution in [3.63, 3.8) is 0 Å². The Morgan fingerprint density at radius 1 is 1.47 bits per heavy atom. The van der Waals surface area contributed by atoms with Crippen LogP contribution in [-0.2, 0) is 11.2 Å². The van der Waals surface area contributed by atoms with Gasteiger partial charge in [-0.25, -0.2) is 8.78 Å². The van der Waals surface area contributed by atoms with E-state index in [0.29, 0.717) is 29.9 Å². The van der Waals surface area contributed by atoms with Crippen LogP contribution in [-0.4, -0.2) is 12.9 Å². The van der Waals surface area contributed by atoms with E-state index in [-0.39, 0.29) is 12.3 Å². The fourth-order valence-electron chi connectivity index (χ4n) is 2.20. The van der Waals surface area contributed by atoms with Gasteiger partial charge >= 0.3 is 0 Å². The van der Waals surface area contributed by atoms with Crippen LogP contribution in [0.5, 0.6) is 5.75 Å². The third-order valence-corrected chi connectivity index (χ3v) is 3.08. The van der Waals surface area contributed by atoms with E-state index < -0.39 is 11.6 Å². The fourth-order valence-corrected chi connectivity index (χ4v) is 2.20. The lowest BCUT2D eigenvalue weighted by atomic mass is 9.92. The summed E-state index contributed by atoms with van der Waals surface area (Å²) in [6, 6.07) is 0.893. The van der Waals surface area contributed by atoms with Crippen LogP contribution in [0.1, 0.15) is 36.8 Å². The number of hydrogen-bond acceptors (Lipinski definition) is 2. The van der Waals surface area contributed by atoms with E-state index in [1.54, 1.807) is 6.92 Å². The summed E-state index contributed by atoms with van der Waals surface area (Å²) >= 11 is 0. The van der Waals surface area contributed by atoms with Crippen LogP contribution in [0.2, 0.25) is 0 Å². The number of hydrogen-bond donors (Lipinski definition) is 0. The fraction of sp³-hybridized carbons (Fsp3) is 0.462. The molecule has 2 rings (SSSR count). The highest BCUT2D eigenvalue weighted by Crippen LogP contribution is 2.38.